The molecular weight excluding hydrogens is 443 g/mol. The predicted molar refractivity (Wildman–Crippen MR) is 123 cm³/mol. The highest BCUT2D eigenvalue weighted by atomic mass is 32.2. The van der Waals surface area contributed by atoms with Crippen LogP contribution in [0.5, 0.6) is 11.5 Å². The van der Waals surface area contributed by atoms with Crippen LogP contribution in [0.15, 0.2) is 77.7 Å². The molecule has 172 valence electrons. The lowest BCUT2D eigenvalue weighted by molar-refractivity contribution is -0.122. The first-order valence-corrected chi connectivity index (χ1v) is 12.3. The van der Waals surface area contributed by atoms with Crippen LogP contribution in [0.3, 0.4) is 0 Å². The van der Waals surface area contributed by atoms with Crippen LogP contribution in [-0.2, 0) is 21.2 Å². The van der Waals surface area contributed by atoms with E-state index in [1.54, 1.807) is 24.3 Å². The van der Waals surface area contributed by atoms with E-state index in [0.717, 1.165) is 18.4 Å². The van der Waals surface area contributed by atoms with Gasteiger partial charge in [0, 0.05) is 18.5 Å². The Bertz CT molecular complexity index is 1230. The quantitative estimate of drug-likeness (QED) is 0.546. The summed E-state index contributed by atoms with van der Waals surface area (Å²) in [7, 11) is -4.07. The zero-order valence-corrected chi connectivity index (χ0v) is 18.8. The molecule has 0 aliphatic carbocycles. The van der Waals surface area contributed by atoms with Gasteiger partial charge in [-0.15, -0.1) is 0 Å². The highest BCUT2D eigenvalue weighted by molar-refractivity contribution is 7.89. The fourth-order valence-electron chi connectivity index (χ4n) is 3.82. The predicted octanol–water partition coefficient (Wildman–Crippen LogP) is 4.16. The first-order chi connectivity index (χ1) is 15.9. The van der Waals surface area contributed by atoms with E-state index in [0.29, 0.717) is 18.5 Å². The minimum atomic E-state index is -4.07. The van der Waals surface area contributed by atoms with Crippen molar-refractivity contribution in [1.82, 2.24) is 10.0 Å². The first-order valence-electron chi connectivity index (χ1n) is 10.8. The van der Waals surface area contributed by atoms with Gasteiger partial charge in [-0.3, -0.25) is 4.79 Å². The second-order valence-corrected chi connectivity index (χ2v) is 9.57. The summed E-state index contributed by atoms with van der Waals surface area (Å²) in [6.45, 7) is 0.530. The van der Waals surface area contributed by atoms with Crippen LogP contribution in [0.2, 0.25) is 0 Å². The zero-order chi connectivity index (χ0) is 23.3. The number of carbonyl (C=O) groups excluding carboxylic acids is 1. The second-order valence-electron chi connectivity index (χ2n) is 7.89. The molecule has 1 heterocycles. The Hall–Kier alpha value is -3.23. The number of rotatable bonds is 7. The van der Waals surface area contributed by atoms with Crippen molar-refractivity contribution in [1.29, 1.82) is 0 Å². The Morgan fingerprint density at radius 1 is 0.939 bits per heavy atom. The van der Waals surface area contributed by atoms with Gasteiger partial charge in [-0.1, -0.05) is 48.5 Å². The molecule has 2 N–H and O–H groups in total. The van der Waals surface area contributed by atoms with Gasteiger partial charge in [-0.25, -0.2) is 12.8 Å². The lowest BCUT2D eigenvalue weighted by atomic mass is 10.0. The molecule has 8 heteroatoms. The third-order valence-electron chi connectivity index (χ3n) is 5.49. The van der Waals surface area contributed by atoms with E-state index in [4.69, 9.17) is 4.74 Å². The van der Waals surface area contributed by atoms with Gasteiger partial charge in [0.15, 0.2) is 11.6 Å². The molecule has 1 aliphatic rings. The van der Waals surface area contributed by atoms with E-state index in [1.807, 2.05) is 30.3 Å². The molecule has 3 aromatic carbocycles. The summed E-state index contributed by atoms with van der Waals surface area (Å²) < 4.78 is 49.5. The zero-order valence-electron chi connectivity index (χ0n) is 18.0. The van der Waals surface area contributed by atoms with E-state index < -0.39 is 21.9 Å². The molecule has 3 aromatic rings. The fraction of sp³-hybridized carbons (Fsp3) is 0.240. The highest BCUT2D eigenvalue weighted by Gasteiger charge is 2.29. The van der Waals surface area contributed by atoms with E-state index in [9.17, 15) is 17.6 Å². The molecule has 6 nitrogen and oxygen atoms in total. The molecule has 0 spiro atoms. The molecule has 1 aliphatic heterocycles. The van der Waals surface area contributed by atoms with Crippen molar-refractivity contribution in [3.63, 3.8) is 0 Å². The second kappa shape index (κ2) is 10.1. The Balaban J connectivity index is 1.74. The SMILES string of the molecule is O=C1NCCCC[C@H]1NS(=O)(=O)c1cccc(Oc2ccccc2F)c1Cc1ccccc1. The van der Waals surface area contributed by atoms with Crippen molar-refractivity contribution in [2.45, 2.75) is 36.6 Å². The normalized spacial score (nSPS) is 16.6. The Kier molecular flexibility index (Phi) is 7.05. The third-order valence-corrected chi connectivity index (χ3v) is 7.05. The average Bonchev–Trinajstić information content (AvgIpc) is 3.00. The highest BCUT2D eigenvalue weighted by Crippen LogP contribution is 2.33. The monoisotopic (exact) mass is 468 g/mol. The minimum Gasteiger partial charge on any atom is -0.454 e. The summed E-state index contributed by atoms with van der Waals surface area (Å²) in [5, 5.41) is 2.74. The molecule has 33 heavy (non-hydrogen) atoms. The number of hydrogen-bond donors (Lipinski definition) is 2. The van der Waals surface area contributed by atoms with Crippen molar-refractivity contribution >= 4 is 15.9 Å². The van der Waals surface area contributed by atoms with Gasteiger partial charge in [-0.05, 0) is 49.1 Å². The summed E-state index contributed by atoms with van der Waals surface area (Å²) in [5.74, 6) is -0.654. The Morgan fingerprint density at radius 3 is 2.45 bits per heavy atom. The fourth-order valence-corrected chi connectivity index (χ4v) is 5.30. The third kappa shape index (κ3) is 5.58. The van der Waals surface area contributed by atoms with Gasteiger partial charge in [0.25, 0.3) is 0 Å². The van der Waals surface area contributed by atoms with E-state index >= 15 is 0 Å². The van der Waals surface area contributed by atoms with Crippen molar-refractivity contribution < 1.29 is 22.3 Å². The summed E-state index contributed by atoms with van der Waals surface area (Å²) >= 11 is 0. The minimum absolute atomic E-state index is 0.00235. The van der Waals surface area contributed by atoms with Gasteiger partial charge >= 0.3 is 0 Å². The standard InChI is InChI=1S/C25H25FN2O4S/c26-20-11-4-5-13-23(20)32-22-14-8-15-24(19(22)17-18-9-2-1-3-10-18)33(30,31)28-21-12-6-7-16-27-25(21)29/h1-5,8-11,13-15,21,28H,6-7,12,16-17H2,(H,27,29)/t21-/m1/s1. The number of para-hydroxylation sites is 1. The molecule has 4 rings (SSSR count). The first kappa shape index (κ1) is 22.9. The number of halogens is 1. The average molecular weight is 469 g/mol. The van der Waals surface area contributed by atoms with Crippen LogP contribution >= 0.6 is 0 Å². The maximum atomic E-state index is 14.3. The number of sulfonamides is 1. The largest absolute Gasteiger partial charge is 0.454 e. The van der Waals surface area contributed by atoms with E-state index in [2.05, 4.69) is 10.0 Å². The van der Waals surface area contributed by atoms with Crippen molar-refractivity contribution in [2.24, 2.45) is 0 Å². The maximum absolute atomic E-state index is 14.3. The van der Waals surface area contributed by atoms with Crippen LogP contribution in [0.1, 0.15) is 30.4 Å². The molecule has 0 saturated carbocycles. The van der Waals surface area contributed by atoms with Gasteiger partial charge in [-0.2, -0.15) is 4.72 Å². The molecule has 0 aromatic heterocycles. The molecule has 1 fully saturated rings. The van der Waals surface area contributed by atoms with Crippen molar-refractivity contribution in [2.75, 3.05) is 6.54 Å². The Morgan fingerprint density at radius 2 is 1.67 bits per heavy atom. The van der Waals surface area contributed by atoms with Gasteiger partial charge < -0.3 is 10.1 Å². The molecule has 0 bridgehead atoms. The smallest absolute Gasteiger partial charge is 0.241 e. The number of nitrogens with one attached hydrogen (secondary N) is 2. The molecule has 1 amide bonds. The molecule has 0 radical (unpaired) electrons. The Labute approximate surface area is 192 Å². The van der Waals surface area contributed by atoms with Crippen LogP contribution < -0.4 is 14.8 Å². The molecule has 1 atom stereocenters. The van der Waals surface area contributed by atoms with Crippen LogP contribution in [0.4, 0.5) is 4.39 Å². The molecular formula is C25H25FN2O4S. The summed E-state index contributed by atoms with van der Waals surface area (Å²) in [5.41, 5.74) is 1.25. The van der Waals surface area contributed by atoms with Crippen molar-refractivity contribution in [3.05, 3.63) is 89.7 Å². The van der Waals surface area contributed by atoms with Crippen molar-refractivity contribution in [3.8, 4) is 11.5 Å². The maximum Gasteiger partial charge on any atom is 0.241 e. The number of carbonyl (C=O) groups is 1. The van der Waals surface area contributed by atoms with E-state index in [-0.39, 0.29) is 28.7 Å². The molecule has 0 unspecified atom stereocenters. The van der Waals surface area contributed by atoms with Gasteiger partial charge in [0.05, 0.1) is 4.90 Å². The number of ether oxygens (including phenoxy) is 1. The summed E-state index contributed by atoms with van der Waals surface area (Å²) in [4.78, 5) is 12.3. The van der Waals surface area contributed by atoms with Crippen LogP contribution in [-0.4, -0.2) is 26.9 Å². The molecule has 1 saturated heterocycles. The number of amides is 1. The summed E-state index contributed by atoms with van der Waals surface area (Å²) in [6.07, 6.45) is 2.21. The topological polar surface area (TPSA) is 84.5 Å². The lowest BCUT2D eigenvalue weighted by Crippen LogP contribution is -2.45. The number of hydrogen-bond acceptors (Lipinski definition) is 4. The van der Waals surface area contributed by atoms with E-state index in [1.165, 1.54) is 18.2 Å². The summed E-state index contributed by atoms with van der Waals surface area (Å²) in [6, 6.07) is 19.1. The van der Waals surface area contributed by atoms with Crippen LogP contribution in [0.25, 0.3) is 0 Å². The van der Waals surface area contributed by atoms with Gasteiger partial charge in [0.2, 0.25) is 15.9 Å². The van der Waals surface area contributed by atoms with Crippen LogP contribution in [0, 0.1) is 5.82 Å². The lowest BCUT2D eigenvalue weighted by Gasteiger charge is -2.19. The number of benzene rings is 3. The van der Waals surface area contributed by atoms with Gasteiger partial charge in [0.1, 0.15) is 11.8 Å².